The van der Waals surface area contributed by atoms with Gasteiger partial charge in [-0.25, -0.2) is 0 Å². The Morgan fingerprint density at radius 1 is 1.60 bits per heavy atom. The van der Waals surface area contributed by atoms with E-state index in [2.05, 4.69) is 0 Å². The van der Waals surface area contributed by atoms with Crippen LogP contribution in [-0.4, -0.2) is 40.5 Å². The summed E-state index contributed by atoms with van der Waals surface area (Å²) in [6, 6.07) is 0. The van der Waals surface area contributed by atoms with Crippen LogP contribution in [0.2, 0.25) is 0 Å². The Morgan fingerprint density at radius 3 is 2.70 bits per heavy atom. The van der Waals surface area contributed by atoms with Crippen molar-refractivity contribution in [2.75, 3.05) is 19.8 Å². The molecule has 1 saturated heterocycles. The Hall–Kier alpha value is -0.120. The highest BCUT2D eigenvalue weighted by atomic mass is 16.3. The lowest BCUT2D eigenvalue weighted by atomic mass is 9.96. The van der Waals surface area contributed by atoms with Crippen molar-refractivity contribution in [1.29, 1.82) is 0 Å². The molecule has 60 valence electrons. The van der Waals surface area contributed by atoms with Gasteiger partial charge in [0.05, 0.1) is 12.3 Å². The smallest absolute Gasteiger partial charge is 0.0957 e. The van der Waals surface area contributed by atoms with E-state index in [9.17, 15) is 5.11 Å². The van der Waals surface area contributed by atoms with Crippen LogP contribution in [0.5, 0.6) is 0 Å². The second kappa shape index (κ2) is 2.86. The number of hydrogen-bond donors (Lipinski definition) is 2. The van der Waals surface area contributed by atoms with Crippen molar-refractivity contribution < 1.29 is 10.2 Å². The SMILES string of the molecule is CC1(O)CCCN(CO)C1. The van der Waals surface area contributed by atoms with Gasteiger partial charge in [0.15, 0.2) is 0 Å². The fourth-order valence-corrected chi connectivity index (χ4v) is 1.44. The number of aliphatic hydroxyl groups excluding tert-OH is 1. The first kappa shape index (κ1) is 7.98. The van der Waals surface area contributed by atoms with Crippen LogP contribution in [0.4, 0.5) is 0 Å². The zero-order chi connectivity index (χ0) is 7.61. The molecule has 1 fully saturated rings. The van der Waals surface area contributed by atoms with Gasteiger partial charge in [0, 0.05) is 13.1 Å². The molecule has 0 radical (unpaired) electrons. The number of nitrogens with zero attached hydrogens (tertiary/aromatic N) is 1. The van der Waals surface area contributed by atoms with Crippen LogP contribution < -0.4 is 0 Å². The molecule has 0 aromatic rings. The first-order chi connectivity index (χ1) is 4.64. The van der Waals surface area contributed by atoms with Crippen molar-refractivity contribution in [2.45, 2.75) is 25.4 Å². The van der Waals surface area contributed by atoms with E-state index < -0.39 is 5.60 Å². The molecule has 0 bridgehead atoms. The second-order valence-electron chi connectivity index (χ2n) is 3.29. The summed E-state index contributed by atoms with van der Waals surface area (Å²) in [5.41, 5.74) is -0.582. The number of piperidine rings is 1. The Bertz CT molecular complexity index is 114. The minimum Gasteiger partial charge on any atom is -0.389 e. The average Bonchev–Trinajstić information content (AvgIpc) is 1.86. The molecule has 0 saturated carbocycles. The number of hydrogen-bond acceptors (Lipinski definition) is 3. The van der Waals surface area contributed by atoms with E-state index in [0.717, 1.165) is 19.4 Å². The highest BCUT2D eigenvalue weighted by Gasteiger charge is 2.27. The fraction of sp³-hybridized carbons (Fsp3) is 1.00. The number of β-amino-alcohol motifs (C(OH)–C–C–N with tert-alkyl or cyclic N) is 1. The standard InChI is InChI=1S/C7H15NO2/c1-7(10)3-2-4-8(5-7)6-9/h9-10H,2-6H2,1H3. The summed E-state index contributed by atoms with van der Waals surface area (Å²) < 4.78 is 0. The van der Waals surface area contributed by atoms with Crippen LogP contribution in [0.25, 0.3) is 0 Å². The van der Waals surface area contributed by atoms with Crippen molar-refractivity contribution >= 4 is 0 Å². The van der Waals surface area contributed by atoms with Crippen LogP contribution in [0.1, 0.15) is 19.8 Å². The third-order valence-corrected chi connectivity index (χ3v) is 1.95. The molecule has 3 nitrogen and oxygen atoms in total. The van der Waals surface area contributed by atoms with E-state index in [0.29, 0.717) is 6.54 Å². The van der Waals surface area contributed by atoms with Crippen molar-refractivity contribution in [3.8, 4) is 0 Å². The molecule has 0 aromatic heterocycles. The van der Waals surface area contributed by atoms with Gasteiger partial charge in [-0.3, -0.25) is 4.90 Å². The van der Waals surface area contributed by atoms with Crippen LogP contribution in [0.15, 0.2) is 0 Å². The minimum atomic E-state index is -0.582. The van der Waals surface area contributed by atoms with E-state index in [1.807, 2.05) is 11.8 Å². The molecule has 1 aliphatic rings. The topological polar surface area (TPSA) is 43.7 Å². The van der Waals surface area contributed by atoms with Gasteiger partial charge in [0.2, 0.25) is 0 Å². The lowest BCUT2D eigenvalue weighted by molar-refractivity contribution is -0.0417. The minimum absolute atomic E-state index is 0.0656. The van der Waals surface area contributed by atoms with Crippen molar-refractivity contribution in [2.24, 2.45) is 0 Å². The number of aliphatic hydroxyl groups is 2. The summed E-state index contributed by atoms with van der Waals surface area (Å²) >= 11 is 0. The molecule has 1 rings (SSSR count). The monoisotopic (exact) mass is 145 g/mol. The van der Waals surface area contributed by atoms with Gasteiger partial charge < -0.3 is 10.2 Å². The van der Waals surface area contributed by atoms with Crippen molar-refractivity contribution in [1.82, 2.24) is 4.90 Å². The van der Waals surface area contributed by atoms with Gasteiger partial charge >= 0.3 is 0 Å². The summed E-state index contributed by atoms with van der Waals surface area (Å²) in [6.45, 7) is 3.39. The fourth-order valence-electron chi connectivity index (χ4n) is 1.44. The van der Waals surface area contributed by atoms with Crippen molar-refractivity contribution in [3.05, 3.63) is 0 Å². The summed E-state index contributed by atoms with van der Waals surface area (Å²) in [5.74, 6) is 0. The van der Waals surface area contributed by atoms with E-state index in [1.54, 1.807) is 0 Å². The first-order valence-corrected chi connectivity index (χ1v) is 3.70. The van der Waals surface area contributed by atoms with Gasteiger partial charge in [0.25, 0.3) is 0 Å². The third kappa shape index (κ3) is 1.94. The third-order valence-electron chi connectivity index (χ3n) is 1.95. The molecule has 1 heterocycles. The maximum absolute atomic E-state index is 9.52. The summed E-state index contributed by atoms with van der Waals surface area (Å²) in [5, 5.41) is 18.3. The highest BCUT2D eigenvalue weighted by Crippen LogP contribution is 2.19. The molecule has 0 amide bonds. The molecule has 1 unspecified atom stereocenters. The Morgan fingerprint density at radius 2 is 2.30 bits per heavy atom. The first-order valence-electron chi connectivity index (χ1n) is 3.70. The number of likely N-dealkylation sites (tertiary alicyclic amines) is 1. The summed E-state index contributed by atoms with van der Waals surface area (Å²) in [6.07, 6.45) is 1.83. The molecule has 3 heteroatoms. The largest absolute Gasteiger partial charge is 0.389 e. The zero-order valence-corrected chi connectivity index (χ0v) is 6.38. The molecule has 0 aromatic carbocycles. The normalized spacial score (nSPS) is 36.3. The van der Waals surface area contributed by atoms with Gasteiger partial charge in [-0.15, -0.1) is 0 Å². The molecule has 2 N–H and O–H groups in total. The van der Waals surface area contributed by atoms with Gasteiger partial charge in [0.1, 0.15) is 0 Å². The highest BCUT2D eigenvalue weighted by molar-refractivity contribution is 4.81. The van der Waals surface area contributed by atoms with E-state index in [4.69, 9.17) is 5.11 Å². The quantitative estimate of drug-likeness (QED) is 0.536. The van der Waals surface area contributed by atoms with Gasteiger partial charge in [-0.05, 0) is 19.8 Å². The Kier molecular flexibility index (Phi) is 2.28. The summed E-state index contributed by atoms with van der Waals surface area (Å²) in [4.78, 5) is 1.85. The molecule has 0 aliphatic carbocycles. The number of rotatable bonds is 1. The molecule has 1 atom stereocenters. The maximum Gasteiger partial charge on any atom is 0.0957 e. The van der Waals surface area contributed by atoms with E-state index in [1.165, 1.54) is 0 Å². The molecular formula is C7H15NO2. The van der Waals surface area contributed by atoms with Gasteiger partial charge in [-0.2, -0.15) is 0 Å². The molecule has 1 aliphatic heterocycles. The molecular weight excluding hydrogens is 130 g/mol. The van der Waals surface area contributed by atoms with Crippen LogP contribution in [0, 0.1) is 0 Å². The maximum atomic E-state index is 9.52. The Balaban J connectivity index is 2.40. The molecule has 10 heavy (non-hydrogen) atoms. The van der Waals surface area contributed by atoms with Crippen LogP contribution in [-0.2, 0) is 0 Å². The van der Waals surface area contributed by atoms with E-state index in [-0.39, 0.29) is 6.73 Å². The lowest BCUT2D eigenvalue weighted by Crippen LogP contribution is -2.46. The Labute approximate surface area is 61.3 Å². The van der Waals surface area contributed by atoms with Crippen molar-refractivity contribution in [3.63, 3.8) is 0 Å². The predicted molar refractivity (Wildman–Crippen MR) is 38.5 cm³/mol. The van der Waals surface area contributed by atoms with Crippen LogP contribution in [0.3, 0.4) is 0 Å². The second-order valence-corrected chi connectivity index (χ2v) is 3.29. The van der Waals surface area contributed by atoms with Gasteiger partial charge in [-0.1, -0.05) is 0 Å². The van der Waals surface area contributed by atoms with Crippen LogP contribution >= 0.6 is 0 Å². The predicted octanol–water partition coefficient (Wildman–Crippen LogP) is -0.217. The zero-order valence-electron chi connectivity index (χ0n) is 6.38. The average molecular weight is 145 g/mol. The van der Waals surface area contributed by atoms with E-state index >= 15 is 0 Å². The summed E-state index contributed by atoms with van der Waals surface area (Å²) in [7, 11) is 0. The molecule has 0 spiro atoms. The lowest BCUT2D eigenvalue weighted by Gasteiger charge is -2.35.